The molecule has 2 aliphatic rings. The summed E-state index contributed by atoms with van der Waals surface area (Å²) in [6.45, 7) is 6.43. The van der Waals surface area contributed by atoms with Crippen LogP contribution in [0.1, 0.15) is 49.9 Å². The van der Waals surface area contributed by atoms with Gasteiger partial charge in [0.15, 0.2) is 0 Å². The zero-order valence-corrected chi connectivity index (χ0v) is 17.8. The maximum atomic E-state index is 13.2. The molecule has 0 atom stereocenters. The number of ether oxygens (including phenoxy) is 1. The first-order chi connectivity index (χ1) is 14.4. The second kappa shape index (κ2) is 8.72. The number of fused-ring (bicyclic) bond motifs is 1. The van der Waals surface area contributed by atoms with Crippen molar-refractivity contribution in [2.45, 2.75) is 64.1 Å². The Morgan fingerprint density at radius 1 is 1.27 bits per heavy atom. The van der Waals surface area contributed by atoms with Gasteiger partial charge in [0.25, 0.3) is 0 Å². The third-order valence-electron chi connectivity index (χ3n) is 5.95. The molecule has 5 nitrogen and oxygen atoms in total. The summed E-state index contributed by atoms with van der Waals surface area (Å²) in [4.78, 5) is 19.3. The number of aryl methyl sites for hydroxylation is 1. The minimum absolute atomic E-state index is 0.130. The van der Waals surface area contributed by atoms with Crippen LogP contribution in [0.3, 0.4) is 0 Å². The van der Waals surface area contributed by atoms with Crippen LogP contribution in [0.4, 0.5) is 4.39 Å². The van der Waals surface area contributed by atoms with Gasteiger partial charge in [0.1, 0.15) is 17.2 Å². The number of carbonyl (C=O) groups excluding carboxylic acids is 1. The zero-order valence-electron chi connectivity index (χ0n) is 17.8. The van der Waals surface area contributed by atoms with Crippen LogP contribution in [0, 0.1) is 5.82 Å². The van der Waals surface area contributed by atoms with Crippen LogP contribution >= 0.6 is 0 Å². The summed E-state index contributed by atoms with van der Waals surface area (Å²) in [5.74, 6) is 0.723. The summed E-state index contributed by atoms with van der Waals surface area (Å²) in [7, 11) is 0. The van der Waals surface area contributed by atoms with E-state index in [1.54, 1.807) is 6.07 Å². The van der Waals surface area contributed by atoms with Crippen molar-refractivity contribution < 1.29 is 13.9 Å². The van der Waals surface area contributed by atoms with Crippen LogP contribution < -0.4 is 10.1 Å². The van der Waals surface area contributed by atoms with Crippen molar-refractivity contribution in [1.29, 1.82) is 0 Å². The van der Waals surface area contributed by atoms with E-state index in [4.69, 9.17) is 4.74 Å². The summed E-state index contributed by atoms with van der Waals surface area (Å²) in [6.07, 6.45) is 5.12. The summed E-state index contributed by atoms with van der Waals surface area (Å²) in [6, 6.07) is 9.52. The first-order valence-corrected chi connectivity index (χ1v) is 10.8. The van der Waals surface area contributed by atoms with Crippen molar-refractivity contribution in [3.05, 3.63) is 59.2 Å². The largest absolute Gasteiger partial charge is 0.487 e. The Balaban J connectivity index is 1.43. The van der Waals surface area contributed by atoms with Crippen LogP contribution in [0.15, 0.2) is 36.5 Å². The molecule has 0 saturated carbocycles. The van der Waals surface area contributed by atoms with Gasteiger partial charge in [-0.2, -0.15) is 0 Å². The van der Waals surface area contributed by atoms with Crippen molar-refractivity contribution in [3.63, 3.8) is 0 Å². The molecule has 1 aromatic carbocycles. The Kier molecular flexibility index (Phi) is 6.04. The molecule has 2 aromatic rings. The molecular weight excluding hydrogens is 381 g/mol. The van der Waals surface area contributed by atoms with E-state index in [-0.39, 0.29) is 23.4 Å². The number of amides is 1. The third-order valence-corrected chi connectivity index (χ3v) is 5.95. The van der Waals surface area contributed by atoms with Gasteiger partial charge in [-0.25, -0.2) is 4.39 Å². The van der Waals surface area contributed by atoms with Crippen LogP contribution in [0.5, 0.6) is 5.75 Å². The van der Waals surface area contributed by atoms with Gasteiger partial charge in [-0.1, -0.05) is 12.1 Å². The fraction of sp³-hybridized carbons (Fsp3) is 0.500. The average molecular weight is 412 g/mol. The lowest BCUT2D eigenvalue weighted by Crippen LogP contribution is -2.46. The lowest BCUT2D eigenvalue weighted by Gasteiger charge is -2.34. The maximum Gasteiger partial charge on any atom is 0.223 e. The second-order valence-corrected chi connectivity index (χ2v) is 8.95. The van der Waals surface area contributed by atoms with E-state index < -0.39 is 0 Å². The van der Waals surface area contributed by atoms with Gasteiger partial charge in [-0.3, -0.25) is 9.78 Å². The van der Waals surface area contributed by atoms with Gasteiger partial charge in [0, 0.05) is 18.9 Å². The smallest absolute Gasteiger partial charge is 0.223 e. The van der Waals surface area contributed by atoms with Crippen molar-refractivity contribution in [2.75, 3.05) is 13.1 Å². The lowest BCUT2D eigenvalue weighted by atomic mass is 9.98. The molecule has 0 bridgehead atoms. The van der Waals surface area contributed by atoms with E-state index in [0.29, 0.717) is 19.4 Å². The Morgan fingerprint density at radius 3 is 2.80 bits per heavy atom. The highest BCUT2D eigenvalue weighted by molar-refractivity contribution is 5.76. The molecule has 6 heteroatoms. The number of nitrogens with zero attached hydrogens (tertiary/aromatic N) is 2. The average Bonchev–Trinajstić information content (AvgIpc) is 3.05. The van der Waals surface area contributed by atoms with Crippen LogP contribution in [-0.4, -0.2) is 40.5 Å². The monoisotopic (exact) mass is 411 g/mol. The van der Waals surface area contributed by atoms with Gasteiger partial charge in [0.05, 0.1) is 18.4 Å². The van der Waals surface area contributed by atoms with Crippen molar-refractivity contribution in [2.24, 2.45) is 0 Å². The quantitative estimate of drug-likeness (QED) is 0.788. The molecule has 4 rings (SSSR count). The van der Waals surface area contributed by atoms with Crippen molar-refractivity contribution >= 4 is 5.91 Å². The number of pyridine rings is 1. The van der Waals surface area contributed by atoms with Crippen molar-refractivity contribution in [3.8, 4) is 5.75 Å². The molecule has 1 N–H and O–H groups in total. The molecule has 30 heavy (non-hydrogen) atoms. The first kappa shape index (κ1) is 20.8. The number of hydrogen-bond donors (Lipinski definition) is 1. The van der Waals surface area contributed by atoms with E-state index in [1.165, 1.54) is 17.8 Å². The Hall–Kier alpha value is -2.47. The fourth-order valence-electron chi connectivity index (χ4n) is 4.43. The number of nitrogens with one attached hydrogen (secondary N) is 1. The predicted octanol–water partition coefficient (Wildman–Crippen LogP) is 3.65. The summed E-state index contributed by atoms with van der Waals surface area (Å²) < 4.78 is 19.2. The summed E-state index contributed by atoms with van der Waals surface area (Å²) >= 11 is 0. The topological polar surface area (TPSA) is 54.5 Å². The molecule has 3 heterocycles. The molecule has 1 fully saturated rings. The molecule has 0 unspecified atom stereocenters. The number of halogens is 1. The highest BCUT2D eigenvalue weighted by Gasteiger charge is 2.30. The molecule has 0 radical (unpaired) electrons. The van der Waals surface area contributed by atoms with Gasteiger partial charge in [0.2, 0.25) is 5.91 Å². The van der Waals surface area contributed by atoms with Gasteiger partial charge in [-0.05, 0) is 75.5 Å². The molecule has 2 aliphatic heterocycles. The van der Waals surface area contributed by atoms with Crippen LogP contribution in [0.2, 0.25) is 0 Å². The van der Waals surface area contributed by atoms with Gasteiger partial charge in [-0.15, -0.1) is 0 Å². The lowest BCUT2D eigenvalue weighted by molar-refractivity contribution is -0.134. The number of piperidine rings is 1. The van der Waals surface area contributed by atoms with Crippen LogP contribution in [-0.2, 0) is 24.2 Å². The fourth-order valence-corrected chi connectivity index (χ4v) is 4.43. The Labute approximate surface area is 177 Å². The van der Waals surface area contributed by atoms with E-state index >= 15 is 0 Å². The normalized spacial score (nSPS) is 18.0. The Bertz CT molecular complexity index is 892. The number of aromatic nitrogens is 1. The minimum Gasteiger partial charge on any atom is -0.487 e. The Morgan fingerprint density at radius 2 is 2.07 bits per heavy atom. The third kappa shape index (κ3) is 4.98. The van der Waals surface area contributed by atoms with E-state index in [1.807, 2.05) is 11.0 Å². The summed E-state index contributed by atoms with van der Waals surface area (Å²) in [5, 5.41) is 3.35. The highest BCUT2D eigenvalue weighted by atomic mass is 19.1. The number of carbonyl (C=O) groups is 1. The molecule has 160 valence electrons. The molecule has 1 amide bonds. The minimum atomic E-state index is -0.359. The van der Waals surface area contributed by atoms with Crippen LogP contribution in [0.25, 0.3) is 0 Å². The number of rotatable bonds is 6. The molecule has 0 spiro atoms. The standard InChI is InChI=1S/C24H30FN3O2/c1-24(2)14-18-13-17(3-7-22(18)30-24)4-8-23(29)28(21-9-11-26-12-10-21)16-20-6-5-19(25)15-27-20/h3,5-7,13,15,21,26H,4,8-12,14,16H2,1-2H3. The second-order valence-electron chi connectivity index (χ2n) is 8.95. The van der Waals surface area contributed by atoms with Gasteiger partial charge >= 0.3 is 0 Å². The van der Waals surface area contributed by atoms with E-state index in [0.717, 1.165) is 49.4 Å². The zero-order chi connectivity index (χ0) is 21.1. The first-order valence-electron chi connectivity index (χ1n) is 10.8. The SMILES string of the molecule is CC1(C)Cc2cc(CCC(=O)N(Cc3ccc(F)cn3)C3CCNCC3)ccc2O1. The van der Waals surface area contributed by atoms with Crippen molar-refractivity contribution in [1.82, 2.24) is 15.2 Å². The molecule has 1 saturated heterocycles. The molecule has 0 aliphatic carbocycles. The summed E-state index contributed by atoms with van der Waals surface area (Å²) in [5.41, 5.74) is 2.94. The molecular formula is C24H30FN3O2. The predicted molar refractivity (Wildman–Crippen MR) is 114 cm³/mol. The number of hydrogen-bond acceptors (Lipinski definition) is 4. The number of benzene rings is 1. The highest BCUT2D eigenvalue weighted by Crippen LogP contribution is 2.35. The molecule has 1 aromatic heterocycles. The van der Waals surface area contributed by atoms with Gasteiger partial charge < -0.3 is 15.0 Å². The van der Waals surface area contributed by atoms with E-state index in [2.05, 4.69) is 36.3 Å². The van der Waals surface area contributed by atoms with E-state index in [9.17, 15) is 9.18 Å². The maximum absolute atomic E-state index is 13.2.